The first-order valence-electron chi connectivity index (χ1n) is 4.78. The molecule has 1 heterocycles. The zero-order chi connectivity index (χ0) is 10.9. The van der Waals surface area contributed by atoms with Crippen molar-refractivity contribution < 1.29 is 10.2 Å². The summed E-state index contributed by atoms with van der Waals surface area (Å²) in [6.07, 6.45) is 3.29. The van der Waals surface area contributed by atoms with Crippen molar-refractivity contribution in [3.8, 4) is 0 Å². The van der Waals surface area contributed by atoms with Crippen molar-refractivity contribution in [2.24, 2.45) is 5.10 Å². The molecule has 0 saturated heterocycles. The Morgan fingerprint density at radius 3 is 2.53 bits per heavy atom. The molecule has 0 aromatic carbocycles. The summed E-state index contributed by atoms with van der Waals surface area (Å²) in [5.41, 5.74) is 0.748. The Hall–Kier alpha value is -1.46. The van der Waals surface area contributed by atoms with Gasteiger partial charge in [0, 0.05) is 6.20 Å². The van der Waals surface area contributed by atoms with E-state index in [0.29, 0.717) is 13.1 Å². The minimum Gasteiger partial charge on any atom is -0.394 e. The van der Waals surface area contributed by atoms with E-state index in [-0.39, 0.29) is 13.2 Å². The van der Waals surface area contributed by atoms with E-state index in [0.717, 1.165) is 5.69 Å². The molecule has 82 valence electrons. The third-order valence-electron chi connectivity index (χ3n) is 1.76. The number of aliphatic hydroxyl groups is 2. The van der Waals surface area contributed by atoms with E-state index >= 15 is 0 Å². The van der Waals surface area contributed by atoms with E-state index in [9.17, 15) is 0 Å². The van der Waals surface area contributed by atoms with Crippen LogP contribution in [-0.4, -0.2) is 52.7 Å². The summed E-state index contributed by atoms with van der Waals surface area (Å²) < 4.78 is 0. The Morgan fingerprint density at radius 1 is 1.27 bits per heavy atom. The maximum Gasteiger partial charge on any atom is 0.0830 e. The standard InChI is InChI=1S/C10H15N3O2/c14-7-5-13(6-8-15)12-9-10-3-1-2-4-11-10/h1-4,9,14-15H,5-8H2/b12-9+. The van der Waals surface area contributed by atoms with Crippen molar-refractivity contribution in [1.82, 2.24) is 9.99 Å². The number of aliphatic hydroxyl groups excluding tert-OH is 2. The molecule has 0 saturated carbocycles. The van der Waals surface area contributed by atoms with E-state index in [4.69, 9.17) is 10.2 Å². The van der Waals surface area contributed by atoms with E-state index in [1.54, 1.807) is 17.4 Å². The molecule has 1 aromatic heterocycles. The molecular weight excluding hydrogens is 194 g/mol. The van der Waals surface area contributed by atoms with Gasteiger partial charge in [-0.3, -0.25) is 9.99 Å². The second kappa shape index (κ2) is 6.92. The summed E-state index contributed by atoms with van der Waals surface area (Å²) in [4.78, 5) is 4.07. The molecule has 0 atom stereocenters. The number of nitrogens with zero attached hydrogens (tertiary/aromatic N) is 3. The Morgan fingerprint density at radius 2 is 2.00 bits per heavy atom. The van der Waals surface area contributed by atoms with Crippen LogP contribution in [-0.2, 0) is 0 Å². The molecule has 5 heteroatoms. The van der Waals surface area contributed by atoms with Gasteiger partial charge in [-0.25, -0.2) is 0 Å². The predicted octanol–water partition coefficient (Wildman–Crippen LogP) is -0.298. The molecule has 0 radical (unpaired) electrons. The minimum absolute atomic E-state index is 0.0135. The molecular formula is C10H15N3O2. The second-order valence-corrected chi connectivity index (χ2v) is 2.90. The topological polar surface area (TPSA) is 69.0 Å². The summed E-state index contributed by atoms with van der Waals surface area (Å²) in [6.45, 7) is 0.840. The van der Waals surface area contributed by atoms with Crippen LogP contribution in [0.3, 0.4) is 0 Å². The highest BCUT2D eigenvalue weighted by molar-refractivity contribution is 5.76. The highest BCUT2D eigenvalue weighted by atomic mass is 16.3. The van der Waals surface area contributed by atoms with Gasteiger partial charge in [-0.15, -0.1) is 0 Å². The van der Waals surface area contributed by atoms with Gasteiger partial charge in [0.25, 0.3) is 0 Å². The van der Waals surface area contributed by atoms with Gasteiger partial charge in [-0.05, 0) is 12.1 Å². The zero-order valence-corrected chi connectivity index (χ0v) is 8.45. The number of rotatable bonds is 6. The normalized spacial score (nSPS) is 10.8. The summed E-state index contributed by atoms with van der Waals surface area (Å²) in [5.74, 6) is 0. The summed E-state index contributed by atoms with van der Waals surface area (Å²) in [6, 6.07) is 5.53. The van der Waals surface area contributed by atoms with E-state index in [1.165, 1.54) is 0 Å². The van der Waals surface area contributed by atoms with Crippen LogP contribution in [0.4, 0.5) is 0 Å². The number of hydrogen-bond acceptors (Lipinski definition) is 5. The first-order valence-corrected chi connectivity index (χ1v) is 4.78. The van der Waals surface area contributed by atoms with E-state index in [2.05, 4.69) is 10.1 Å². The van der Waals surface area contributed by atoms with Crippen molar-refractivity contribution in [2.45, 2.75) is 0 Å². The molecule has 0 fully saturated rings. The highest BCUT2D eigenvalue weighted by Crippen LogP contribution is 1.92. The van der Waals surface area contributed by atoms with E-state index < -0.39 is 0 Å². The number of pyridine rings is 1. The van der Waals surface area contributed by atoms with Gasteiger partial charge in [-0.2, -0.15) is 5.10 Å². The first kappa shape index (κ1) is 11.6. The number of hydrazone groups is 1. The fourth-order valence-electron chi connectivity index (χ4n) is 1.05. The quantitative estimate of drug-likeness (QED) is 0.498. The fourth-order valence-corrected chi connectivity index (χ4v) is 1.05. The van der Waals surface area contributed by atoms with Gasteiger partial charge in [0.05, 0.1) is 38.2 Å². The smallest absolute Gasteiger partial charge is 0.0830 e. The van der Waals surface area contributed by atoms with Crippen LogP contribution in [0.15, 0.2) is 29.5 Å². The SMILES string of the molecule is OCCN(CCO)/N=C/c1ccccn1. The van der Waals surface area contributed by atoms with Crippen molar-refractivity contribution in [1.29, 1.82) is 0 Å². The van der Waals surface area contributed by atoms with Gasteiger partial charge in [0.15, 0.2) is 0 Å². The van der Waals surface area contributed by atoms with Crippen LogP contribution in [0, 0.1) is 0 Å². The maximum atomic E-state index is 8.75. The lowest BCUT2D eigenvalue weighted by molar-refractivity contribution is 0.166. The van der Waals surface area contributed by atoms with Crippen molar-refractivity contribution >= 4 is 6.21 Å². The average molecular weight is 209 g/mol. The Labute approximate surface area is 88.7 Å². The largest absolute Gasteiger partial charge is 0.394 e. The average Bonchev–Trinajstić information content (AvgIpc) is 2.28. The third-order valence-corrected chi connectivity index (χ3v) is 1.76. The van der Waals surface area contributed by atoms with Crippen molar-refractivity contribution in [3.05, 3.63) is 30.1 Å². The minimum atomic E-state index is 0.0135. The molecule has 1 rings (SSSR count). The molecule has 15 heavy (non-hydrogen) atoms. The zero-order valence-electron chi connectivity index (χ0n) is 8.45. The third kappa shape index (κ3) is 4.53. The number of hydrogen-bond donors (Lipinski definition) is 2. The second-order valence-electron chi connectivity index (χ2n) is 2.90. The molecule has 0 aliphatic rings. The Kier molecular flexibility index (Phi) is 5.35. The van der Waals surface area contributed by atoms with Crippen molar-refractivity contribution in [3.63, 3.8) is 0 Å². The summed E-state index contributed by atoms with van der Waals surface area (Å²) in [7, 11) is 0. The van der Waals surface area contributed by atoms with Crippen LogP contribution in [0.25, 0.3) is 0 Å². The maximum absolute atomic E-state index is 8.75. The lowest BCUT2D eigenvalue weighted by Gasteiger charge is -2.15. The molecule has 0 aliphatic heterocycles. The lowest BCUT2D eigenvalue weighted by Crippen LogP contribution is -2.24. The molecule has 0 unspecified atom stereocenters. The van der Waals surface area contributed by atoms with Crippen LogP contribution in [0.2, 0.25) is 0 Å². The van der Waals surface area contributed by atoms with Gasteiger partial charge >= 0.3 is 0 Å². The highest BCUT2D eigenvalue weighted by Gasteiger charge is 1.97. The Bertz CT molecular complexity index is 284. The number of aromatic nitrogens is 1. The molecule has 5 nitrogen and oxygen atoms in total. The van der Waals surface area contributed by atoms with E-state index in [1.807, 2.05) is 18.2 Å². The van der Waals surface area contributed by atoms with Gasteiger partial charge in [0.2, 0.25) is 0 Å². The van der Waals surface area contributed by atoms with Gasteiger partial charge < -0.3 is 10.2 Å². The molecule has 0 bridgehead atoms. The van der Waals surface area contributed by atoms with Crippen LogP contribution >= 0.6 is 0 Å². The predicted molar refractivity (Wildman–Crippen MR) is 57.6 cm³/mol. The first-order chi connectivity index (χ1) is 7.36. The van der Waals surface area contributed by atoms with Gasteiger partial charge in [-0.1, -0.05) is 6.07 Å². The molecule has 0 amide bonds. The van der Waals surface area contributed by atoms with Crippen LogP contribution in [0.5, 0.6) is 0 Å². The van der Waals surface area contributed by atoms with Crippen LogP contribution < -0.4 is 0 Å². The molecule has 0 spiro atoms. The van der Waals surface area contributed by atoms with Crippen molar-refractivity contribution in [2.75, 3.05) is 26.3 Å². The molecule has 1 aromatic rings. The fraction of sp³-hybridized carbons (Fsp3) is 0.400. The molecule has 2 N–H and O–H groups in total. The molecule has 0 aliphatic carbocycles. The summed E-state index contributed by atoms with van der Waals surface area (Å²) >= 11 is 0. The lowest BCUT2D eigenvalue weighted by atomic mass is 10.4. The van der Waals surface area contributed by atoms with Gasteiger partial charge in [0.1, 0.15) is 0 Å². The Balaban J connectivity index is 2.53. The monoisotopic (exact) mass is 209 g/mol. The van der Waals surface area contributed by atoms with Crippen LogP contribution in [0.1, 0.15) is 5.69 Å². The summed E-state index contributed by atoms with van der Waals surface area (Å²) in [5, 5.41) is 23.2.